The van der Waals surface area contributed by atoms with Crippen LogP contribution in [0.2, 0.25) is 10.0 Å². The second-order valence-electron chi connectivity index (χ2n) is 7.45. The van der Waals surface area contributed by atoms with Crippen LogP contribution in [-0.4, -0.2) is 9.78 Å². The van der Waals surface area contributed by atoms with Crippen molar-refractivity contribution in [1.29, 1.82) is 0 Å². The lowest BCUT2D eigenvalue weighted by Gasteiger charge is -2.11. The molecule has 0 aliphatic carbocycles. The summed E-state index contributed by atoms with van der Waals surface area (Å²) < 4.78 is 2.05. The third-order valence-corrected chi connectivity index (χ3v) is 5.69. The van der Waals surface area contributed by atoms with Crippen molar-refractivity contribution in [1.82, 2.24) is 9.78 Å². The number of aromatic nitrogens is 2. The number of hydrogen-bond donors (Lipinski definition) is 0. The zero-order chi connectivity index (χ0) is 20.5. The molecule has 0 atom stereocenters. The van der Waals surface area contributed by atoms with Crippen molar-refractivity contribution in [3.8, 4) is 22.5 Å². The van der Waals surface area contributed by atoms with E-state index in [1.165, 1.54) is 11.1 Å². The molecule has 2 nitrogen and oxygen atoms in total. The summed E-state index contributed by atoms with van der Waals surface area (Å²) >= 11 is 12.5. The van der Waals surface area contributed by atoms with Gasteiger partial charge in [-0.3, -0.25) is 4.68 Å². The normalized spacial score (nSPS) is 11.1. The highest BCUT2D eigenvalue weighted by Crippen LogP contribution is 2.33. The number of benzene rings is 3. The van der Waals surface area contributed by atoms with Gasteiger partial charge in [0.05, 0.1) is 17.9 Å². The van der Waals surface area contributed by atoms with Crippen LogP contribution in [-0.2, 0) is 6.54 Å². The van der Waals surface area contributed by atoms with E-state index in [2.05, 4.69) is 74.0 Å². The highest BCUT2D eigenvalue weighted by atomic mass is 35.5. The molecule has 0 aliphatic rings. The van der Waals surface area contributed by atoms with Gasteiger partial charge in [0.15, 0.2) is 0 Å². The number of hydrogen-bond acceptors (Lipinski definition) is 1. The van der Waals surface area contributed by atoms with Gasteiger partial charge >= 0.3 is 0 Å². The number of rotatable bonds is 4. The minimum absolute atomic E-state index is 0.575. The molecule has 146 valence electrons. The Hall–Kier alpha value is -2.55. The van der Waals surface area contributed by atoms with Crippen LogP contribution in [0, 0.1) is 20.8 Å². The lowest BCUT2D eigenvalue weighted by molar-refractivity contribution is 0.696. The van der Waals surface area contributed by atoms with E-state index in [-0.39, 0.29) is 0 Å². The highest BCUT2D eigenvalue weighted by molar-refractivity contribution is 6.35. The van der Waals surface area contributed by atoms with Crippen LogP contribution in [0.15, 0.2) is 66.7 Å². The second-order valence-corrected chi connectivity index (χ2v) is 8.30. The first-order chi connectivity index (χ1) is 13.9. The van der Waals surface area contributed by atoms with Crippen LogP contribution in [0.4, 0.5) is 0 Å². The maximum Gasteiger partial charge on any atom is 0.0959 e. The fourth-order valence-electron chi connectivity index (χ4n) is 3.70. The number of halogens is 2. The molecule has 4 aromatic rings. The Morgan fingerprint density at radius 2 is 1.45 bits per heavy atom. The summed E-state index contributed by atoms with van der Waals surface area (Å²) in [4.78, 5) is 0. The molecule has 0 saturated heterocycles. The molecule has 0 spiro atoms. The molecule has 0 aliphatic heterocycles. The highest BCUT2D eigenvalue weighted by Gasteiger charge is 2.18. The molecular weight excluding hydrogens is 399 g/mol. The Morgan fingerprint density at radius 3 is 2.10 bits per heavy atom. The summed E-state index contributed by atoms with van der Waals surface area (Å²) in [5.41, 5.74) is 8.96. The van der Waals surface area contributed by atoms with Crippen molar-refractivity contribution in [3.05, 3.63) is 99.0 Å². The molecule has 0 fully saturated rings. The summed E-state index contributed by atoms with van der Waals surface area (Å²) in [5, 5.41) is 6.30. The van der Waals surface area contributed by atoms with E-state index in [4.69, 9.17) is 28.3 Å². The van der Waals surface area contributed by atoms with Gasteiger partial charge in [-0.15, -0.1) is 0 Å². The number of nitrogens with zero attached hydrogens (tertiary/aromatic N) is 2. The lowest BCUT2D eigenvalue weighted by atomic mass is 10.0. The summed E-state index contributed by atoms with van der Waals surface area (Å²) in [6, 6.07) is 22.6. The first kappa shape index (κ1) is 19.8. The van der Waals surface area contributed by atoms with Gasteiger partial charge in [0.1, 0.15) is 0 Å². The van der Waals surface area contributed by atoms with E-state index >= 15 is 0 Å². The minimum atomic E-state index is 0.575. The Kier molecular flexibility index (Phi) is 5.49. The molecule has 0 bridgehead atoms. The third kappa shape index (κ3) is 4.10. The Balaban J connectivity index is 1.89. The standard InChI is InChI=1S/C25H22Cl2N2/c1-16-6-4-8-19(12-16)24-18(3)25(20-9-5-7-17(2)13-20)29(28-24)15-21-10-11-22(26)14-23(21)27/h4-14H,15H2,1-3H3. The fourth-order valence-corrected chi connectivity index (χ4v) is 4.17. The van der Waals surface area contributed by atoms with Crippen molar-refractivity contribution in [2.75, 3.05) is 0 Å². The summed E-state index contributed by atoms with van der Waals surface area (Å²) in [6.07, 6.45) is 0. The van der Waals surface area contributed by atoms with Gasteiger partial charge < -0.3 is 0 Å². The van der Waals surface area contributed by atoms with E-state index in [0.717, 1.165) is 33.6 Å². The molecule has 4 heteroatoms. The molecule has 0 amide bonds. The van der Waals surface area contributed by atoms with E-state index < -0.39 is 0 Å². The van der Waals surface area contributed by atoms with Crippen molar-refractivity contribution < 1.29 is 0 Å². The Bertz CT molecular complexity index is 1190. The molecular formula is C25H22Cl2N2. The van der Waals surface area contributed by atoms with Crippen LogP contribution >= 0.6 is 23.2 Å². The van der Waals surface area contributed by atoms with Gasteiger partial charge in [0.2, 0.25) is 0 Å². The molecule has 29 heavy (non-hydrogen) atoms. The van der Waals surface area contributed by atoms with Gasteiger partial charge in [0.25, 0.3) is 0 Å². The summed E-state index contributed by atoms with van der Waals surface area (Å²) in [6.45, 7) is 6.93. The van der Waals surface area contributed by atoms with Crippen LogP contribution in [0.25, 0.3) is 22.5 Å². The zero-order valence-corrected chi connectivity index (χ0v) is 18.2. The fraction of sp³-hybridized carbons (Fsp3) is 0.160. The first-order valence-corrected chi connectivity index (χ1v) is 10.3. The van der Waals surface area contributed by atoms with E-state index in [1.807, 2.05) is 12.1 Å². The van der Waals surface area contributed by atoms with Crippen molar-refractivity contribution in [2.24, 2.45) is 0 Å². The SMILES string of the molecule is Cc1cccc(-c2nn(Cc3ccc(Cl)cc3Cl)c(-c3cccc(C)c3)c2C)c1. The Labute approximate surface area is 181 Å². The first-order valence-electron chi connectivity index (χ1n) is 9.58. The Morgan fingerprint density at radius 1 is 0.793 bits per heavy atom. The zero-order valence-electron chi connectivity index (χ0n) is 16.7. The second kappa shape index (κ2) is 8.06. The van der Waals surface area contributed by atoms with Crippen molar-refractivity contribution >= 4 is 23.2 Å². The minimum Gasteiger partial charge on any atom is -0.259 e. The van der Waals surface area contributed by atoms with Crippen LogP contribution in [0.3, 0.4) is 0 Å². The van der Waals surface area contributed by atoms with Crippen LogP contribution < -0.4 is 0 Å². The average Bonchev–Trinajstić information content (AvgIpc) is 3.00. The predicted molar refractivity (Wildman–Crippen MR) is 123 cm³/mol. The van der Waals surface area contributed by atoms with Gasteiger partial charge in [-0.1, -0.05) is 76.8 Å². The summed E-state index contributed by atoms with van der Waals surface area (Å²) in [5.74, 6) is 0. The molecule has 4 rings (SSSR count). The largest absolute Gasteiger partial charge is 0.259 e. The van der Waals surface area contributed by atoms with E-state index in [9.17, 15) is 0 Å². The topological polar surface area (TPSA) is 17.8 Å². The average molecular weight is 421 g/mol. The van der Waals surface area contributed by atoms with Gasteiger partial charge in [0, 0.05) is 26.7 Å². The van der Waals surface area contributed by atoms with Gasteiger partial charge in [-0.25, -0.2) is 0 Å². The molecule has 3 aromatic carbocycles. The van der Waals surface area contributed by atoms with Gasteiger partial charge in [-0.2, -0.15) is 5.10 Å². The molecule has 1 aromatic heterocycles. The van der Waals surface area contributed by atoms with Gasteiger partial charge in [-0.05, 0) is 50.6 Å². The molecule has 0 saturated carbocycles. The van der Waals surface area contributed by atoms with Crippen LogP contribution in [0.1, 0.15) is 22.3 Å². The number of aryl methyl sites for hydroxylation is 2. The summed E-state index contributed by atoms with van der Waals surface area (Å²) in [7, 11) is 0. The predicted octanol–water partition coefficient (Wildman–Crippen LogP) is 7.50. The molecule has 0 N–H and O–H groups in total. The molecule has 0 radical (unpaired) electrons. The third-order valence-electron chi connectivity index (χ3n) is 5.11. The maximum atomic E-state index is 6.46. The van der Waals surface area contributed by atoms with Crippen molar-refractivity contribution in [3.63, 3.8) is 0 Å². The lowest BCUT2D eigenvalue weighted by Crippen LogP contribution is -2.05. The smallest absolute Gasteiger partial charge is 0.0959 e. The van der Waals surface area contributed by atoms with Crippen LogP contribution in [0.5, 0.6) is 0 Å². The van der Waals surface area contributed by atoms with E-state index in [1.54, 1.807) is 6.07 Å². The quantitative estimate of drug-likeness (QED) is 0.334. The molecule has 1 heterocycles. The monoisotopic (exact) mass is 420 g/mol. The maximum absolute atomic E-state index is 6.46. The molecule has 0 unspecified atom stereocenters. The van der Waals surface area contributed by atoms with Crippen molar-refractivity contribution in [2.45, 2.75) is 27.3 Å². The van der Waals surface area contributed by atoms with E-state index in [0.29, 0.717) is 16.6 Å².